The summed E-state index contributed by atoms with van der Waals surface area (Å²) in [6.07, 6.45) is 3.77. The summed E-state index contributed by atoms with van der Waals surface area (Å²) in [7, 11) is 0. The fourth-order valence-electron chi connectivity index (χ4n) is 12.2. The van der Waals surface area contributed by atoms with Crippen molar-refractivity contribution in [3.63, 3.8) is 0 Å². The Morgan fingerprint density at radius 1 is 0.190 bits per heavy atom. The first kappa shape index (κ1) is 48.6. The van der Waals surface area contributed by atoms with Crippen LogP contribution in [0.4, 0.5) is 0 Å². The van der Waals surface area contributed by atoms with E-state index in [1.165, 1.54) is 21.5 Å². The summed E-state index contributed by atoms with van der Waals surface area (Å²) < 4.78 is 0. The zero-order chi connectivity index (χ0) is 55.5. The number of benzene rings is 12. The third kappa shape index (κ3) is 8.69. The van der Waals surface area contributed by atoms with E-state index in [9.17, 15) is 0 Å². The summed E-state index contributed by atoms with van der Waals surface area (Å²) in [5.41, 5.74) is 15.5. The molecule has 0 aliphatic heterocycles. The Balaban J connectivity index is 0.766. The van der Waals surface area contributed by atoms with Gasteiger partial charge in [-0.25, -0.2) is 19.9 Å². The van der Waals surface area contributed by atoms with Crippen molar-refractivity contribution >= 4 is 64.6 Å². The van der Waals surface area contributed by atoms with Crippen LogP contribution in [0.15, 0.2) is 291 Å². The zero-order valence-corrected chi connectivity index (χ0v) is 45.4. The molecule has 12 aromatic carbocycles. The summed E-state index contributed by atoms with van der Waals surface area (Å²) in [6, 6.07) is 98.5. The minimum absolute atomic E-state index is 0.670. The number of aromatic nitrogens is 6. The van der Waals surface area contributed by atoms with Gasteiger partial charge < -0.3 is 0 Å². The number of hydrogen-bond donors (Lipinski definition) is 0. The summed E-state index contributed by atoms with van der Waals surface area (Å²) >= 11 is 0. The number of hydrogen-bond acceptors (Lipinski definition) is 6. The van der Waals surface area contributed by atoms with Gasteiger partial charge in [0.2, 0.25) is 0 Å². The fourth-order valence-corrected chi connectivity index (χ4v) is 12.2. The zero-order valence-electron chi connectivity index (χ0n) is 45.4. The minimum Gasteiger partial charge on any atom is -0.256 e. The van der Waals surface area contributed by atoms with Gasteiger partial charge in [-0.3, -0.25) is 9.97 Å². The Kier molecular flexibility index (Phi) is 11.8. The van der Waals surface area contributed by atoms with Gasteiger partial charge in [0, 0.05) is 67.7 Å². The van der Waals surface area contributed by atoms with Crippen molar-refractivity contribution in [1.29, 1.82) is 0 Å². The Bertz CT molecular complexity index is 4890. The predicted molar refractivity (Wildman–Crippen MR) is 347 cm³/mol. The molecule has 4 aromatic heterocycles. The lowest BCUT2D eigenvalue weighted by atomic mass is 9.96. The van der Waals surface area contributed by atoms with E-state index in [1.807, 2.05) is 12.4 Å². The van der Waals surface area contributed by atoms with Crippen LogP contribution in [-0.4, -0.2) is 29.9 Å². The first-order valence-corrected chi connectivity index (χ1v) is 28.3. The first-order chi connectivity index (χ1) is 41.6. The summed E-state index contributed by atoms with van der Waals surface area (Å²) in [6.45, 7) is 0. The van der Waals surface area contributed by atoms with Gasteiger partial charge in [-0.05, 0) is 101 Å². The maximum atomic E-state index is 5.39. The number of rotatable bonds is 9. The molecule has 4 heterocycles. The summed E-state index contributed by atoms with van der Waals surface area (Å²) in [5.74, 6) is 1.34. The number of fused-ring (bicyclic) bond motifs is 8. The van der Waals surface area contributed by atoms with E-state index >= 15 is 0 Å². The van der Waals surface area contributed by atoms with Gasteiger partial charge in [-0.2, -0.15) is 0 Å². The highest BCUT2D eigenvalue weighted by Crippen LogP contribution is 2.40. The van der Waals surface area contributed by atoms with E-state index in [1.54, 1.807) is 0 Å². The Morgan fingerprint density at radius 3 is 0.821 bits per heavy atom. The van der Waals surface area contributed by atoms with Crippen molar-refractivity contribution < 1.29 is 0 Å². The molecule has 390 valence electrons. The molecule has 16 aromatic rings. The molecule has 0 fully saturated rings. The quantitative estimate of drug-likeness (QED) is 0.134. The van der Waals surface area contributed by atoms with Crippen LogP contribution in [-0.2, 0) is 0 Å². The SMILES string of the molecule is c1ccc2c(-c3ccc(-c4cc(-c5ccc(-c6ccc(-c7cc(-c8ccc(-c9nccc%10ccccc9%10)cc8)nc(-c8cc9ccccc9c9ccccc89)n7)cc6)cc5)nc(-c5cc6ccccc6c6ccccc56)n4)cc3)nccc2c1. The van der Waals surface area contributed by atoms with E-state index in [2.05, 4.69) is 279 Å². The monoisotopic (exact) mass is 1070 g/mol. The van der Waals surface area contributed by atoms with E-state index < -0.39 is 0 Å². The standard InChI is InChI=1S/C78H48N6/c1-7-19-63-51(13-1)41-43-79-75(63)57-37-33-55(34-38-57)73-47-71(81-77(83-73)69-45-59-15-3-5-17-61(59)65-21-9-11-23-67(65)69)53-29-25-49(26-30-53)50-27-31-54(32-28-50)72-48-74(56-35-39-58(40-36-56)76-64-20-8-2-14-52(64)42-44-80-76)84-78(82-72)70-46-60-16-4-6-18-62(60)66-22-10-12-24-68(66)70/h1-48H. The second-order valence-electron chi connectivity index (χ2n) is 21.4. The highest BCUT2D eigenvalue weighted by molar-refractivity contribution is 6.14. The van der Waals surface area contributed by atoms with Gasteiger partial charge >= 0.3 is 0 Å². The molecule has 0 saturated carbocycles. The van der Waals surface area contributed by atoms with Gasteiger partial charge in [0.15, 0.2) is 11.6 Å². The third-order valence-electron chi connectivity index (χ3n) is 16.4. The van der Waals surface area contributed by atoms with Gasteiger partial charge in [0.1, 0.15) is 0 Å². The molecule has 84 heavy (non-hydrogen) atoms. The summed E-state index contributed by atoms with van der Waals surface area (Å²) in [5, 5.41) is 13.8. The molecule has 16 rings (SSSR count). The predicted octanol–water partition coefficient (Wildman–Crippen LogP) is 20.0. The Hall–Kier alpha value is -11.3. The summed E-state index contributed by atoms with van der Waals surface area (Å²) in [4.78, 5) is 31.1. The van der Waals surface area contributed by atoms with Gasteiger partial charge in [0.05, 0.1) is 34.2 Å². The van der Waals surface area contributed by atoms with Gasteiger partial charge in [-0.15, -0.1) is 0 Å². The van der Waals surface area contributed by atoms with Crippen molar-refractivity contribution in [2.45, 2.75) is 0 Å². The lowest BCUT2D eigenvalue weighted by Crippen LogP contribution is -1.97. The molecule has 0 radical (unpaired) electrons. The van der Waals surface area contributed by atoms with E-state index in [4.69, 9.17) is 29.9 Å². The van der Waals surface area contributed by atoms with E-state index in [-0.39, 0.29) is 0 Å². The second-order valence-corrected chi connectivity index (χ2v) is 21.4. The average Bonchev–Trinajstić information content (AvgIpc) is 2.92. The van der Waals surface area contributed by atoms with E-state index in [0.717, 1.165) is 133 Å². The molecule has 6 heteroatoms. The highest BCUT2D eigenvalue weighted by atomic mass is 14.9. The minimum atomic E-state index is 0.670. The molecular weight excluding hydrogens is 1020 g/mol. The molecule has 0 N–H and O–H groups in total. The molecule has 0 aliphatic rings. The van der Waals surface area contributed by atoms with Crippen LogP contribution < -0.4 is 0 Å². The average molecular weight is 1070 g/mol. The molecule has 0 atom stereocenters. The van der Waals surface area contributed by atoms with Crippen LogP contribution in [0.3, 0.4) is 0 Å². The van der Waals surface area contributed by atoms with Crippen molar-refractivity contribution in [3.8, 4) is 101 Å². The molecule has 0 saturated heterocycles. The Labute approximate surface area is 484 Å². The highest BCUT2D eigenvalue weighted by Gasteiger charge is 2.19. The van der Waals surface area contributed by atoms with Crippen LogP contribution in [0.25, 0.3) is 166 Å². The molecule has 6 nitrogen and oxygen atoms in total. The maximum absolute atomic E-state index is 5.39. The molecule has 0 aliphatic carbocycles. The van der Waals surface area contributed by atoms with Crippen LogP contribution in [0.2, 0.25) is 0 Å². The second kappa shape index (κ2) is 20.3. The van der Waals surface area contributed by atoms with Gasteiger partial charge in [0.25, 0.3) is 0 Å². The lowest BCUT2D eigenvalue weighted by molar-refractivity contribution is 1.19. The lowest BCUT2D eigenvalue weighted by Gasteiger charge is -2.14. The van der Waals surface area contributed by atoms with Gasteiger partial charge in [-0.1, -0.05) is 243 Å². The largest absolute Gasteiger partial charge is 0.256 e. The first-order valence-electron chi connectivity index (χ1n) is 28.3. The molecule has 0 amide bonds. The van der Waals surface area contributed by atoms with Crippen LogP contribution in [0.5, 0.6) is 0 Å². The number of pyridine rings is 2. The van der Waals surface area contributed by atoms with Crippen LogP contribution >= 0.6 is 0 Å². The van der Waals surface area contributed by atoms with E-state index in [0.29, 0.717) is 11.6 Å². The molecule has 0 spiro atoms. The fraction of sp³-hybridized carbons (Fsp3) is 0. The maximum Gasteiger partial charge on any atom is 0.161 e. The third-order valence-corrected chi connectivity index (χ3v) is 16.4. The smallest absolute Gasteiger partial charge is 0.161 e. The molecule has 0 unspecified atom stereocenters. The molecular formula is C78H48N6. The van der Waals surface area contributed by atoms with Crippen LogP contribution in [0.1, 0.15) is 0 Å². The van der Waals surface area contributed by atoms with Crippen molar-refractivity contribution in [2.75, 3.05) is 0 Å². The molecule has 0 bridgehead atoms. The van der Waals surface area contributed by atoms with Crippen molar-refractivity contribution in [2.24, 2.45) is 0 Å². The van der Waals surface area contributed by atoms with Crippen LogP contribution in [0, 0.1) is 0 Å². The topological polar surface area (TPSA) is 77.3 Å². The van der Waals surface area contributed by atoms with Crippen molar-refractivity contribution in [3.05, 3.63) is 291 Å². The Morgan fingerprint density at radius 2 is 0.464 bits per heavy atom. The normalized spacial score (nSPS) is 11.6. The number of nitrogens with zero attached hydrogens (tertiary/aromatic N) is 6. The van der Waals surface area contributed by atoms with Crippen molar-refractivity contribution in [1.82, 2.24) is 29.9 Å².